The summed E-state index contributed by atoms with van der Waals surface area (Å²) in [6.45, 7) is 7.80. The van der Waals surface area contributed by atoms with E-state index in [0.717, 1.165) is 18.4 Å². The summed E-state index contributed by atoms with van der Waals surface area (Å²) in [5.74, 6) is -0.219. The molecule has 0 aromatic heterocycles. The summed E-state index contributed by atoms with van der Waals surface area (Å²) in [4.78, 5) is 11.1. The Hall–Kier alpha value is -0.790. The van der Waals surface area contributed by atoms with Crippen molar-refractivity contribution in [1.82, 2.24) is 0 Å². The van der Waals surface area contributed by atoms with E-state index in [1.807, 2.05) is 27.7 Å². The molecule has 0 rings (SSSR count). The summed E-state index contributed by atoms with van der Waals surface area (Å²) < 4.78 is 5.14. The SMILES string of the molecule is CCC(CC)OC(=O)C=C(C)C. The molecule has 0 radical (unpaired) electrons. The third kappa shape index (κ3) is 4.94. The highest BCUT2D eigenvalue weighted by Crippen LogP contribution is 2.04. The minimum absolute atomic E-state index is 0.0769. The van der Waals surface area contributed by atoms with E-state index in [1.54, 1.807) is 0 Å². The first-order valence-electron chi connectivity index (χ1n) is 4.45. The van der Waals surface area contributed by atoms with Gasteiger partial charge in [-0.1, -0.05) is 19.4 Å². The standard InChI is InChI=1S/C10H18O2/c1-5-9(6-2)12-10(11)7-8(3)4/h7,9H,5-6H2,1-4H3. The third-order valence-electron chi connectivity index (χ3n) is 1.60. The van der Waals surface area contributed by atoms with Crippen LogP contribution in [0.2, 0.25) is 0 Å². The smallest absolute Gasteiger partial charge is 0.330 e. The number of hydrogen-bond donors (Lipinski definition) is 0. The summed E-state index contributed by atoms with van der Waals surface area (Å²) in [7, 11) is 0. The van der Waals surface area contributed by atoms with E-state index >= 15 is 0 Å². The van der Waals surface area contributed by atoms with E-state index in [0.29, 0.717) is 0 Å². The largest absolute Gasteiger partial charge is 0.459 e. The summed E-state index contributed by atoms with van der Waals surface area (Å²) in [5, 5.41) is 0. The number of esters is 1. The quantitative estimate of drug-likeness (QED) is 0.479. The number of carbonyl (C=O) groups is 1. The van der Waals surface area contributed by atoms with E-state index < -0.39 is 0 Å². The summed E-state index contributed by atoms with van der Waals surface area (Å²) in [5.41, 5.74) is 0.978. The van der Waals surface area contributed by atoms with Crippen LogP contribution in [0.4, 0.5) is 0 Å². The highest BCUT2D eigenvalue weighted by molar-refractivity contribution is 5.82. The van der Waals surface area contributed by atoms with Crippen LogP contribution in [0.3, 0.4) is 0 Å². The van der Waals surface area contributed by atoms with E-state index in [9.17, 15) is 4.79 Å². The molecule has 0 saturated heterocycles. The normalized spacial score (nSPS) is 9.75. The fourth-order valence-electron chi connectivity index (χ4n) is 0.889. The Bertz CT molecular complexity index is 163. The molecule has 0 unspecified atom stereocenters. The van der Waals surface area contributed by atoms with Crippen molar-refractivity contribution in [2.75, 3.05) is 0 Å². The maximum Gasteiger partial charge on any atom is 0.330 e. The van der Waals surface area contributed by atoms with Crippen LogP contribution in [-0.4, -0.2) is 12.1 Å². The van der Waals surface area contributed by atoms with Crippen LogP contribution in [-0.2, 0) is 9.53 Å². The molecule has 0 N–H and O–H groups in total. The Morgan fingerprint density at radius 1 is 1.33 bits per heavy atom. The van der Waals surface area contributed by atoms with E-state index in [2.05, 4.69) is 0 Å². The summed E-state index contributed by atoms with van der Waals surface area (Å²) in [6.07, 6.45) is 3.38. The molecule has 0 aliphatic carbocycles. The van der Waals surface area contributed by atoms with Gasteiger partial charge in [-0.3, -0.25) is 0 Å². The van der Waals surface area contributed by atoms with Crippen molar-refractivity contribution in [1.29, 1.82) is 0 Å². The van der Waals surface area contributed by atoms with Crippen molar-refractivity contribution < 1.29 is 9.53 Å². The molecule has 2 nitrogen and oxygen atoms in total. The second-order valence-corrected chi connectivity index (χ2v) is 3.10. The van der Waals surface area contributed by atoms with Gasteiger partial charge in [0.25, 0.3) is 0 Å². The van der Waals surface area contributed by atoms with Gasteiger partial charge < -0.3 is 4.74 Å². The average molecular weight is 170 g/mol. The number of allylic oxidation sites excluding steroid dienone is 1. The first-order chi connectivity index (χ1) is 5.60. The van der Waals surface area contributed by atoms with Crippen LogP contribution < -0.4 is 0 Å². The molecule has 0 spiro atoms. The van der Waals surface area contributed by atoms with Gasteiger partial charge in [-0.2, -0.15) is 0 Å². The number of hydrogen-bond acceptors (Lipinski definition) is 2. The van der Waals surface area contributed by atoms with Gasteiger partial charge in [-0.25, -0.2) is 4.79 Å². The maximum atomic E-state index is 11.1. The number of ether oxygens (including phenoxy) is 1. The highest BCUT2D eigenvalue weighted by Gasteiger charge is 2.07. The molecule has 0 aromatic carbocycles. The lowest BCUT2D eigenvalue weighted by molar-refractivity contribution is -0.143. The lowest BCUT2D eigenvalue weighted by Crippen LogP contribution is -2.14. The molecule has 0 aliphatic rings. The number of carbonyl (C=O) groups excluding carboxylic acids is 1. The van der Waals surface area contributed by atoms with E-state index in [4.69, 9.17) is 4.74 Å². The topological polar surface area (TPSA) is 26.3 Å². The second kappa shape index (κ2) is 5.81. The lowest BCUT2D eigenvalue weighted by Gasteiger charge is -2.11. The molecule has 0 saturated carbocycles. The van der Waals surface area contributed by atoms with Crippen LogP contribution in [0.1, 0.15) is 40.5 Å². The number of rotatable bonds is 4. The predicted molar refractivity (Wildman–Crippen MR) is 49.9 cm³/mol. The van der Waals surface area contributed by atoms with Crippen molar-refractivity contribution in [3.8, 4) is 0 Å². The first-order valence-corrected chi connectivity index (χ1v) is 4.45. The molecule has 0 heterocycles. The molecular formula is C10H18O2. The average Bonchev–Trinajstić information content (AvgIpc) is 1.98. The molecule has 0 atom stereocenters. The van der Waals surface area contributed by atoms with E-state index in [1.165, 1.54) is 6.08 Å². The van der Waals surface area contributed by atoms with Crippen LogP contribution in [0, 0.1) is 0 Å². The molecular weight excluding hydrogens is 152 g/mol. The minimum Gasteiger partial charge on any atom is -0.459 e. The van der Waals surface area contributed by atoms with Gasteiger partial charge in [0.1, 0.15) is 6.10 Å². The Morgan fingerprint density at radius 3 is 2.17 bits per heavy atom. The second-order valence-electron chi connectivity index (χ2n) is 3.10. The Kier molecular flexibility index (Phi) is 5.43. The molecule has 2 heteroatoms. The predicted octanol–water partition coefficient (Wildman–Crippen LogP) is 2.68. The zero-order valence-electron chi connectivity index (χ0n) is 8.39. The fourth-order valence-corrected chi connectivity index (χ4v) is 0.889. The Balaban J connectivity index is 3.90. The molecule has 0 bridgehead atoms. The van der Waals surface area contributed by atoms with Gasteiger partial charge in [0, 0.05) is 6.08 Å². The van der Waals surface area contributed by atoms with Crippen molar-refractivity contribution in [3.63, 3.8) is 0 Å². The monoisotopic (exact) mass is 170 g/mol. The van der Waals surface area contributed by atoms with Crippen molar-refractivity contribution >= 4 is 5.97 Å². The molecule has 0 aliphatic heterocycles. The Labute approximate surface area is 74.6 Å². The zero-order valence-corrected chi connectivity index (χ0v) is 8.39. The van der Waals surface area contributed by atoms with Gasteiger partial charge in [-0.15, -0.1) is 0 Å². The zero-order chi connectivity index (χ0) is 9.56. The first kappa shape index (κ1) is 11.2. The van der Waals surface area contributed by atoms with Gasteiger partial charge in [0.15, 0.2) is 0 Å². The molecule has 70 valence electrons. The summed E-state index contributed by atoms with van der Waals surface area (Å²) >= 11 is 0. The molecule has 0 amide bonds. The van der Waals surface area contributed by atoms with Gasteiger partial charge in [0.05, 0.1) is 0 Å². The maximum absolute atomic E-state index is 11.1. The van der Waals surface area contributed by atoms with E-state index in [-0.39, 0.29) is 12.1 Å². The lowest BCUT2D eigenvalue weighted by atomic mass is 10.2. The van der Waals surface area contributed by atoms with Crippen molar-refractivity contribution in [2.24, 2.45) is 0 Å². The van der Waals surface area contributed by atoms with Crippen molar-refractivity contribution in [2.45, 2.75) is 46.6 Å². The van der Waals surface area contributed by atoms with Crippen molar-refractivity contribution in [3.05, 3.63) is 11.6 Å². The minimum atomic E-state index is -0.219. The fraction of sp³-hybridized carbons (Fsp3) is 0.700. The molecule has 12 heavy (non-hydrogen) atoms. The van der Waals surface area contributed by atoms with Crippen LogP contribution in [0.5, 0.6) is 0 Å². The molecule has 0 fully saturated rings. The van der Waals surface area contributed by atoms with Gasteiger partial charge in [-0.05, 0) is 26.7 Å². The van der Waals surface area contributed by atoms with Crippen LogP contribution in [0.25, 0.3) is 0 Å². The third-order valence-corrected chi connectivity index (χ3v) is 1.60. The summed E-state index contributed by atoms with van der Waals surface area (Å²) in [6, 6.07) is 0. The van der Waals surface area contributed by atoms with Crippen LogP contribution in [0.15, 0.2) is 11.6 Å². The van der Waals surface area contributed by atoms with Gasteiger partial charge in [0.2, 0.25) is 0 Å². The molecule has 0 aromatic rings. The van der Waals surface area contributed by atoms with Crippen LogP contribution >= 0.6 is 0 Å². The van der Waals surface area contributed by atoms with Gasteiger partial charge >= 0.3 is 5.97 Å². The highest BCUT2D eigenvalue weighted by atomic mass is 16.5. The Morgan fingerprint density at radius 2 is 1.83 bits per heavy atom.